The maximum absolute atomic E-state index is 13.9. The van der Waals surface area contributed by atoms with Gasteiger partial charge in [0.15, 0.2) is 0 Å². The van der Waals surface area contributed by atoms with Crippen LogP contribution >= 0.6 is 11.6 Å². The average Bonchev–Trinajstić information content (AvgIpc) is 2.52. The summed E-state index contributed by atoms with van der Waals surface area (Å²) in [5.41, 5.74) is 1.29. The maximum Gasteiger partial charge on any atom is 0.274 e. The molecule has 0 aliphatic carbocycles. The number of amides is 1. The number of anilines is 1. The lowest BCUT2D eigenvalue weighted by atomic mass is 10.1. The highest BCUT2D eigenvalue weighted by Crippen LogP contribution is 2.20. The van der Waals surface area contributed by atoms with Crippen molar-refractivity contribution in [1.82, 2.24) is 4.57 Å². The van der Waals surface area contributed by atoms with Gasteiger partial charge in [-0.05, 0) is 44.0 Å². The number of nitrogens with zero attached hydrogens (tertiary/aromatic N) is 1. The smallest absolute Gasteiger partial charge is 0.274 e. The van der Waals surface area contributed by atoms with Crippen molar-refractivity contribution in [2.24, 2.45) is 0 Å². The molecular formula is C18H20ClFN2O2. The highest BCUT2D eigenvalue weighted by atomic mass is 35.5. The molecule has 0 atom stereocenters. The van der Waals surface area contributed by atoms with Crippen LogP contribution in [0.15, 0.2) is 29.1 Å². The van der Waals surface area contributed by atoms with Crippen LogP contribution in [0.5, 0.6) is 0 Å². The molecule has 1 aromatic carbocycles. The van der Waals surface area contributed by atoms with Gasteiger partial charge in [0.1, 0.15) is 11.5 Å². The van der Waals surface area contributed by atoms with Gasteiger partial charge in [-0.25, -0.2) is 4.39 Å². The van der Waals surface area contributed by atoms with E-state index in [-0.39, 0.29) is 21.8 Å². The van der Waals surface area contributed by atoms with Crippen molar-refractivity contribution in [2.75, 3.05) is 5.32 Å². The molecule has 1 aromatic heterocycles. The first-order chi connectivity index (χ1) is 11.4. The number of hydrogen-bond acceptors (Lipinski definition) is 2. The number of unbranched alkanes of at least 4 members (excludes halogenated alkanes) is 1. The number of aromatic nitrogens is 1. The molecule has 0 aliphatic heterocycles. The number of pyridine rings is 1. The Hall–Kier alpha value is -2.14. The minimum absolute atomic E-state index is 0.00245. The molecular weight excluding hydrogens is 331 g/mol. The van der Waals surface area contributed by atoms with Gasteiger partial charge in [0.25, 0.3) is 11.5 Å². The molecule has 128 valence electrons. The van der Waals surface area contributed by atoms with Crippen LogP contribution in [0.4, 0.5) is 10.1 Å². The molecule has 2 aromatic rings. The van der Waals surface area contributed by atoms with Crippen molar-refractivity contribution < 1.29 is 9.18 Å². The van der Waals surface area contributed by atoms with Crippen LogP contribution in [0.1, 0.15) is 41.4 Å². The average molecular weight is 351 g/mol. The van der Waals surface area contributed by atoms with Crippen LogP contribution < -0.4 is 10.9 Å². The van der Waals surface area contributed by atoms with E-state index in [1.165, 1.54) is 12.1 Å². The lowest BCUT2D eigenvalue weighted by Gasteiger charge is -2.15. The highest BCUT2D eigenvalue weighted by Gasteiger charge is 2.18. The zero-order chi connectivity index (χ0) is 17.9. The zero-order valence-electron chi connectivity index (χ0n) is 14.0. The lowest BCUT2D eigenvalue weighted by Crippen LogP contribution is -2.28. The van der Waals surface area contributed by atoms with E-state index in [2.05, 4.69) is 5.32 Å². The van der Waals surface area contributed by atoms with Crippen LogP contribution in [0.2, 0.25) is 5.02 Å². The first-order valence-electron chi connectivity index (χ1n) is 7.83. The van der Waals surface area contributed by atoms with E-state index >= 15 is 0 Å². The van der Waals surface area contributed by atoms with E-state index in [1.807, 2.05) is 20.8 Å². The topological polar surface area (TPSA) is 51.1 Å². The number of rotatable bonds is 5. The summed E-state index contributed by atoms with van der Waals surface area (Å²) in [5.74, 6) is -1.46. The predicted molar refractivity (Wildman–Crippen MR) is 94.4 cm³/mol. The maximum atomic E-state index is 13.9. The Bertz CT molecular complexity index is 810. The first-order valence-corrected chi connectivity index (χ1v) is 8.21. The summed E-state index contributed by atoms with van der Waals surface area (Å²) in [6.07, 6.45) is 1.81. The van der Waals surface area contributed by atoms with Crippen LogP contribution in [0, 0.1) is 19.7 Å². The fourth-order valence-corrected chi connectivity index (χ4v) is 2.72. The molecule has 0 fully saturated rings. The fourth-order valence-electron chi connectivity index (χ4n) is 2.47. The first kappa shape index (κ1) is 18.2. The number of benzene rings is 1. The normalized spacial score (nSPS) is 10.7. The molecule has 0 spiro atoms. The largest absolute Gasteiger partial charge is 0.317 e. The molecule has 6 heteroatoms. The van der Waals surface area contributed by atoms with Gasteiger partial charge >= 0.3 is 0 Å². The van der Waals surface area contributed by atoms with Gasteiger partial charge in [-0.1, -0.05) is 31.0 Å². The van der Waals surface area contributed by atoms with Crippen LogP contribution in [0.25, 0.3) is 0 Å². The molecule has 1 amide bonds. The number of halogens is 2. The van der Waals surface area contributed by atoms with Gasteiger partial charge in [0, 0.05) is 12.2 Å². The van der Waals surface area contributed by atoms with E-state index in [4.69, 9.17) is 11.6 Å². The minimum atomic E-state index is -0.736. The zero-order valence-corrected chi connectivity index (χ0v) is 14.7. The molecule has 0 radical (unpaired) electrons. The number of carbonyl (C=O) groups excluding carboxylic acids is 1. The van der Waals surface area contributed by atoms with Crippen molar-refractivity contribution in [1.29, 1.82) is 0 Å². The van der Waals surface area contributed by atoms with E-state index < -0.39 is 11.7 Å². The molecule has 0 bridgehead atoms. The third kappa shape index (κ3) is 3.67. The SMILES string of the molecule is CCCCn1c(C)c(C)cc(NC(=O)c2c(F)cccc2Cl)c1=O. The van der Waals surface area contributed by atoms with E-state index in [0.29, 0.717) is 6.54 Å². The van der Waals surface area contributed by atoms with E-state index in [9.17, 15) is 14.0 Å². The number of carbonyl (C=O) groups is 1. The summed E-state index contributed by atoms with van der Waals surface area (Å²) >= 11 is 5.90. The molecule has 1 N–H and O–H groups in total. The molecule has 1 heterocycles. The van der Waals surface area contributed by atoms with E-state index in [0.717, 1.165) is 30.2 Å². The van der Waals surface area contributed by atoms with Crippen molar-refractivity contribution in [2.45, 2.75) is 40.2 Å². The third-order valence-corrected chi connectivity index (χ3v) is 4.30. The summed E-state index contributed by atoms with van der Waals surface area (Å²) in [6.45, 7) is 6.35. The standard InChI is InChI=1S/C18H20ClFN2O2/c1-4-5-9-22-12(3)11(2)10-15(18(22)24)21-17(23)16-13(19)7-6-8-14(16)20/h6-8,10H,4-5,9H2,1-3H3,(H,21,23). The fraction of sp³-hybridized carbons (Fsp3) is 0.333. The van der Waals surface area contributed by atoms with Crippen molar-refractivity contribution in [3.8, 4) is 0 Å². The van der Waals surface area contributed by atoms with Crippen molar-refractivity contribution in [3.63, 3.8) is 0 Å². The molecule has 24 heavy (non-hydrogen) atoms. The Balaban J connectivity index is 2.41. The summed E-state index contributed by atoms with van der Waals surface area (Å²) in [5, 5.41) is 2.50. The second kappa shape index (κ2) is 7.62. The van der Waals surface area contributed by atoms with Crippen molar-refractivity contribution in [3.05, 3.63) is 62.3 Å². The van der Waals surface area contributed by atoms with Gasteiger partial charge in [0.2, 0.25) is 0 Å². The van der Waals surface area contributed by atoms with Crippen LogP contribution in [0.3, 0.4) is 0 Å². The van der Waals surface area contributed by atoms with Gasteiger partial charge in [-0.15, -0.1) is 0 Å². The summed E-state index contributed by atoms with van der Waals surface area (Å²) in [6, 6.07) is 5.61. The molecule has 2 rings (SSSR count). The summed E-state index contributed by atoms with van der Waals surface area (Å²) in [4.78, 5) is 25.0. The van der Waals surface area contributed by atoms with Gasteiger partial charge < -0.3 is 9.88 Å². The van der Waals surface area contributed by atoms with Crippen molar-refractivity contribution >= 4 is 23.2 Å². The van der Waals surface area contributed by atoms with Crippen LogP contribution in [-0.2, 0) is 6.54 Å². The Morgan fingerprint density at radius 3 is 2.67 bits per heavy atom. The second-order valence-corrected chi connectivity index (χ2v) is 6.09. The Kier molecular flexibility index (Phi) is 5.78. The monoisotopic (exact) mass is 350 g/mol. The van der Waals surface area contributed by atoms with Gasteiger partial charge in [-0.2, -0.15) is 0 Å². The Labute approximate surface area is 145 Å². The Morgan fingerprint density at radius 1 is 1.33 bits per heavy atom. The highest BCUT2D eigenvalue weighted by molar-refractivity contribution is 6.34. The molecule has 0 saturated heterocycles. The molecule has 0 unspecified atom stereocenters. The minimum Gasteiger partial charge on any atom is -0.317 e. The molecule has 0 aliphatic rings. The number of aryl methyl sites for hydroxylation is 1. The second-order valence-electron chi connectivity index (χ2n) is 5.69. The van der Waals surface area contributed by atoms with Crippen LogP contribution in [-0.4, -0.2) is 10.5 Å². The summed E-state index contributed by atoms with van der Waals surface area (Å²) in [7, 11) is 0. The molecule has 4 nitrogen and oxygen atoms in total. The Morgan fingerprint density at radius 2 is 2.04 bits per heavy atom. The van der Waals surface area contributed by atoms with Gasteiger partial charge in [-0.3, -0.25) is 9.59 Å². The number of hydrogen-bond donors (Lipinski definition) is 1. The van der Waals surface area contributed by atoms with E-state index in [1.54, 1.807) is 10.6 Å². The van der Waals surface area contributed by atoms with Gasteiger partial charge in [0.05, 0.1) is 10.6 Å². The predicted octanol–water partition coefficient (Wildman–Crippen LogP) is 4.31. The summed E-state index contributed by atoms with van der Waals surface area (Å²) < 4.78 is 15.5. The third-order valence-electron chi connectivity index (χ3n) is 3.99. The lowest BCUT2D eigenvalue weighted by molar-refractivity contribution is 0.102. The molecule has 0 saturated carbocycles. The quantitative estimate of drug-likeness (QED) is 0.873. The number of nitrogens with one attached hydrogen (secondary N) is 1.